The Balaban J connectivity index is 3.04. The fourth-order valence-corrected chi connectivity index (χ4v) is 1.13. The van der Waals surface area contributed by atoms with Crippen LogP contribution in [0.3, 0.4) is 0 Å². The van der Waals surface area contributed by atoms with Crippen molar-refractivity contribution in [1.82, 2.24) is 4.90 Å². The van der Waals surface area contributed by atoms with Crippen LogP contribution in [0.25, 0.3) is 0 Å². The topological polar surface area (TPSA) is 75.5 Å². The van der Waals surface area contributed by atoms with E-state index in [1.807, 2.05) is 0 Å². The third kappa shape index (κ3) is 2.69. The lowest BCUT2D eigenvalue weighted by atomic mass is 10.2. The molecule has 0 saturated carbocycles. The van der Waals surface area contributed by atoms with E-state index in [-0.39, 0.29) is 11.4 Å². The molecule has 6 heteroatoms. The Kier molecular flexibility index (Phi) is 3.44. The van der Waals surface area contributed by atoms with Gasteiger partial charge in [0.2, 0.25) is 0 Å². The fraction of sp³-hybridized carbons (Fsp3) is 0.300. The Morgan fingerprint density at radius 3 is 2.56 bits per heavy atom. The minimum atomic E-state index is -0.516. The van der Waals surface area contributed by atoms with Crippen molar-refractivity contribution in [3.05, 3.63) is 33.9 Å². The predicted molar refractivity (Wildman–Crippen MR) is 60.5 cm³/mol. The predicted octanol–water partition coefficient (Wildman–Crippen LogP) is 2.00. The molecular formula is C10H13N3O3. The van der Waals surface area contributed by atoms with Crippen LogP contribution in [0.5, 0.6) is 0 Å². The fourth-order valence-electron chi connectivity index (χ4n) is 1.13. The minimum absolute atomic E-state index is 0.102. The van der Waals surface area contributed by atoms with Crippen molar-refractivity contribution in [2.75, 3.05) is 19.4 Å². The number of nitro groups is 1. The first-order valence-corrected chi connectivity index (χ1v) is 4.65. The van der Waals surface area contributed by atoms with E-state index in [4.69, 9.17) is 0 Å². The average Bonchev–Trinajstić information content (AvgIpc) is 2.20. The molecule has 0 spiro atoms. The molecule has 0 aromatic heterocycles. The maximum atomic E-state index is 11.4. The zero-order valence-electron chi connectivity index (χ0n) is 9.35. The van der Waals surface area contributed by atoms with Crippen LogP contribution in [-0.4, -0.2) is 29.9 Å². The number of rotatable bonds is 2. The third-order valence-corrected chi connectivity index (χ3v) is 2.00. The molecule has 1 aromatic rings. The van der Waals surface area contributed by atoms with E-state index in [2.05, 4.69) is 5.32 Å². The molecule has 0 saturated heterocycles. The number of anilines is 1. The zero-order chi connectivity index (χ0) is 12.3. The number of urea groups is 1. The Bertz CT molecular complexity index is 429. The molecule has 6 nitrogen and oxygen atoms in total. The molecule has 0 aliphatic rings. The number of nitro benzene ring substituents is 1. The summed E-state index contributed by atoms with van der Waals surface area (Å²) in [4.78, 5) is 22.9. The zero-order valence-corrected chi connectivity index (χ0v) is 9.35. The summed E-state index contributed by atoms with van der Waals surface area (Å²) in [6.07, 6.45) is 0. The van der Waals surface area contributed by atoms with Crippen molar-refractivity contribution in [3.8, 4) is 0 Å². The SMILES string of the molecule is Cc1ccc(NC(=O)N(C)C)c([N+](=O)[O-])c1. The van der Waals surface area contributed by atoms with Crippen LogP contribution in [0.15, 0.2) is 18.2 Å². The Hall–Kier alpha value is -2.11. The van der Waals surface area contributed by atoms with Gasteiger partial charge in [-0.3, -0.25) is 10.1 Å². The second-order valence-corrected chi connectivity index (χ2v) is 3.60. The van der Waals surface area contributed by atoms with Crippen molar-refractivity contribution < 1.29 is 9.72 Å². The number of hydrogen-bond donors (Lipinski definition) is 1. The third-order valence-electron chi connectivity index (χ3n) is 2.00. The van der Waals surface area contributed by atoms with E-state index < -0.39 is 11.0 Å². The van der Waals surface area contributed by atoms with Gasteiger partial charge in [0.25, 0.3) is 5.69 Å². The number of benzene rings is 1. The Morgan fingerprint density at radius 2 is 2.06 bits per heavy atom. The van der Waals surface area contributed by atoms with E-state index in [0.717, 1.165) is 5.56 Å². The quantitative estimate of drug-likeness (QED) is 0.615. The van der Waals surface area contributed by atoms with Crippen LogP contribution in [0.1, 0.15) is 5.56 Å². The van der Waals surface area contributed by atoms with Gasteiger partial charge in [-0.1, -0.05) is 6.07 Å². The molecule has 0 heterocycles. The van der Waals surface area contributed by atoms with E-state index in [0.29, 0.717) is 0 Å². The molecule has 1 aromatic carbocycles. The molecule has 0 aliphatic heterocycles. The summed E-state index contributed by atoms with van der Waals surface area (Å²) in [6.45, 7) is 1.75. The molecule has 1 N–H and O–H groups in total. The molecule has 86 valence electrons. The lowest BCUT2D eigenvalue weighted by Crippen LogP contribution is -2.27. The first-order chi connectivity index (χ1) is 7.41. The Morgan fingerprint density at radius 1 is 1.44 bits per heavy atom. The van der Waals surface area contributed by atoms with E-state index >= 15 is 0 Å². The van der Waals surface area contributed by atoms with Crippen LogP contribution in [0, 0.1) is 17.0 Å². The molecular weight excluding hydrogens is 210 g/mol. The van der Waals surface area contributed by atoms with Crippen LogP contribution < -0.4 is 5.32 Å². The number of carbonyl (C=O) groups excluding carboxylic acids is 1. The maximum absolute atomic E-state index is 11.4. The van der Waals surface area contributed by atoms with Gasteiger partial charge in [0.05, 0.1) is 4.92 Å². The molecule has 0 unspecified atom stereocenters. The maximum Gasteiger partial charge on any atom is 0.321 e. The summed E-state index contributed by atoms with van der Waals surface area (Å²) in [5.74, 6) is 0. The van der Waals surface area contributed by atoms with Crippen LogP contribution in [-0.2, 0) is 0 Å². The van der Waals surface area contributed by atoms with Crippen molar-refractivity contribution >= 4 is 17.4 Å². The van der Waals surface area contributed by atoms with Gasteiger partial charge in [0.15, 0.2) is 0 Å². The number of nitrogens with one attached hydrogen (secondary N) is 1. The van der Waals surface area contributed by atoms with Gasteiger partial charge in [0.1, 0.15) is 5.69 Å². The summed E-state index contributed by atoms with van der Waals surface area (Å²) >= 11 is 0. The highest BCUT2D eigenvalue weighted by molar-refractivity contribution is 5.91. The normalized spacial score (nSPS) is 9.69. The summed E-state index contributed by atoms with van der Waals surface area (Å²) in [6, 6.07) is 4.25. The summed E-state index contributed by atoms with van der Waals surface area (Å²) in [7, 11) is 3.13. The Labute approximate surface area is 93.0 Å². The second-order valence-electron chi connectivity index (χ2n) is 3.60. The minimum Gasteiger partial charge on any atom is -0.331 e. The van der Waals surface area contributed by atoms with Gasteiger partial charge in [-0.15, -0.1) is 0 Å². The highest BCUT2D eigenvalue weighted by Crippen LogP contribution is 2.25. The van der Waals surface area contributed by atoms with Crippen molar-refractivity contribution in [2.45, 2.75) is 6.92 Å². The van der Waals surface area contributed by atoms with Gasteiger partial charge in [-0.25, -0.2) is 4.79 Å². The van der Waals surface area contributed by atoms with Gasteiger partial charge < -0.3 is 10.2 Å². The molecule has 0 fully saturated rings. The molecule has 0 bridgehead atoms. The average molecular weight is 223 g/mol. The first-order valence-electron chi connectivity index (χ1n) is 4.65. The van der Waals surface area contributed by atoms with Gasteiger partial charge >= 0.3 is 6.03 Å². The number of nitrogens with zero attached hydrogens (tertiary/aromatic N) is 2. The standard InChI is InChI=1S/C10H13N3O3/c1-7-4-5-8(9(6-7)13(15)16)11-10(14)12(2)3/h4-6H,1-3H3,(H,11,14). The van der Waals surface area contributed by atoms with Crippen LogP contribution >= 0.6 is 0 Å². The van der Waals surface area contributed by atoms with Crippen molar-refractivity contribution in [3.63, 3.8) is 0 Å². The second kappa shape index (κ2) is 4.61. The van der Waals surface area contributed by atoms with Crippen molar-refractivity contribution in [1.29, 1.82) is 0 Å². The first kappa shape index (κ1) is 12.0. The summed E-state index contributed by atoms with van der Waals surface area (Å²) in [5, 5.41) is 13.2. The number of amides is 2. The monoisotopic (exact) mass is 223 g/mol. The van der Waals surface area contributed by atoms with Crippen molar-refractivity contribution in [2.24, 2.45) is 0 Å². The number of aryl methyl sites for hydroxylation is 1. The molecule has 0 radical (unpaired) electrons. The molecule has 16 heavy (non-hydrogen) atoms. The molecule has 1 rings (SSSR count). The van der Waals surface area contributed by atoms with Gasteiger partial charge in [-0.2, -0.15) is 0 Å². The van der Waals surface area contributed by atoms with Crippen LogP contribution in [0.2, 0.25) is 0 Å². The molecule has 0 atom stereocenters. The summed E-state index contributed by atoms with van der Waals surface area (Å²) < 4.78 is 0. The van der Waals surface area contributed by atoms with Gasteiger partial charge in [0, 0.05) is 20.2 Å². The highest BCUT2D eigenvalue weighted by atomic mass is 16.6. The van der Waals surface area contributed by atoms with E-state index in [9.17, 15) is 14.9 Å². The number of carbonyl (C=O) groups is 1. The van der Waals surface area contributed by atoms with Gasteiger partial charge in [-0.05, 0) is 18.6 Å². The summed E-state index contributed by atoms with van der Waals surface area (Å²) in [5.41, 5.74) is 0.874. The molecule has 2 amide bonds. The lowest BCUT2D eigenvalue weighted by molar-refractivity contribution is -0.384. The van der Waals surface area contributed by atoms with E-state index in [1.54, 1.807) is 27.1 Å². The molecule has 0 aliphatic carbocycles. The van der Waals surface area contributed by atoms with Crippen LogP contribution in [0.4, 0.5) is 16.2 Å². The lowest BCUT2D eigenvalue weighted by Gasteiger charge is -2.12. The largest absolute Gasteiger partial charge is 0.331 e. The van der Waals surface area contributed by atoms with E-state index in [1.165, 1.54) is 17.0 Å². The highest BCUT2D eigenvalue weighted by Gasteiger charge is 2.16. The number of hydrogen-bond acceptors (Lipinski definition) is 3. The smallest absolute Gasteiger partial charge is 0.321 e.